The lowest BCUT2D eigenvalue weighted by molar-refractivity contribution is -0.184. The molecular weight excluding hydrogens is 400 g/mol. The quantitative estimate of drug-likeness (QED) is 0.700. The fourth-order valence-corrected chi connectivity index (χ4v) is 3.23. The molecule has 0 aromatic heterocycles. The zero-order valence-electron chi connectivity index (χ0n) is 15.4. The fourth-order valence-electron chi connectivity index (χ4n) is 3.23. The largest absolute Gasteiger partial charge is 0.416 e. The highest BCUT2D eigenvalue weighted by atomic mass is 19.4. The highest BCUT2D eigenvalue weighted by Crippen LogP contribution is 2.37. The molecule has 0 bridgehead atoms. The average Bonchev–Trinajstić information content (AvgIpc) is 2.66. The van der Waals surface area contributed by atoms with Crippen LogP contribution in [0.2, 0.25) is 0 Å². The van der Waals surface area contributed by atoms with Crippen LogP contribution in [0.15, 0.2) is 48.5 Å². The standard InChI is InChI=1S/C20H19F6NO2/c1-18(14-5-3-2-4-6-14)17(27-7-8-29-18)28-12-13-9-15(19(21,22)23)11-16(10-13)20(24,25)26/h2-6,9-11,17,27H,7-8,12H2,1H3. The van der Waals surface area contributed by atoms with Gasteiger partial charge in [0.15, 0.2) is 0 Å². The van der Waals surface area contributed by atoms with E-state index in [0.717, 1.165) is 5.56 Å². The Morgan fingerprint density at radius 1 is 1.00 bits per heavy atom. The average molecular weight is 419 g/mol. The minimum absolute atomic E-state index is 0.0968. The second-order valence-corrected chi connectivity index (χ2v) is 6.88. The Balaban J connectivity index is 1.86. The summed E-state index contributed by atoms with van der Waals surface area (Å²) >= 11 is 0. The Kier molecular flexibility index (Phi) is 5.93. The number of alkyl halides is 6. The van der Waals surface area contributed by atoms with Gasteiger partial charge >= 0.3 is 12.4 Å². The van der Waals surface area contributed by atoms with Gasteiger partial charge in [-0.1, -0.05) is 30.3 Å². The van der Waals surface area contributed by atoms with Crippen molar-refractivity contribution in [2.24, 2.45) is 0 Å². The summed E-state index contributed by atoms with van der Waals surface area (Å²) in [5.41, 5.74) is -3.14. The number of ether oxygens (including phenoxy) is 2. The molecule has 0 spiro atoms. The molecule has 3 nitrogen and oxygen atoms in total. The molecule has 1 saturated heterocycles. The summed E-state index contributed by atoms with van der Waals surface area (Å²) in [6.07, 6.45) is -10.6. The molecule has 3 rings (SSSR count). The minimum atomic E-state index is -4.90. The lowest BCUT2D eigenvalue weighted by Gasteiger charge is -2.42. The van der Waals surface area contributed by atoms with Crippen molar-refractivity contribution in [3.8, 4) is 0 Å². The molecule has 2 unspecified atom stereocenters. The Bertz CT molecular complexity index is 805. The first kappa shape index (κ1) is 21.6. The lowest BCUT2D eigenvalue weighted by atomic mass is 9.92. The Labute approximate surface area is 163 Å². The van der Waals surface area contributed by atoms with Crippen LogP contribution in [0, 0.1) is 0 Å². The smallest absolute Gasteiger partial charge is 0.365 e. The number of rotatable bonds is 4. The van der Waals surface area contributed by atoms with Crippen molar-refractivity contribution in [2.45, 2.75) is 37.7 Å². The molecule has 1 N–H and O–H groups in total. The first-order chi connectivity index (χ1) is 13.5. The van der Waals surface area contributed by atoms with E-state index in [9.17, 15) is 26.3 Å². The van der Waals surface area contributed by atoms with Gasteiger partial charge in [-0.05, 0) is 36.2 Å². The molecule has 1 fully saturated rings. The van der Waals surface area contributed by atoms with Crippen LogP contribution in [0.5, 0.6) is 0 Å². The number of hydrogen-bond acceptors (Lipinski definition) is 3. The van der Waals surface area contributed by atoms with Crippen molar-refractivity contribution < 1.29 is 35.8 Å². The molecule has 2 aromatic rings. The third-order valence-corrected chi connectivity index (χ3v) is 4.75. The molecule has 9 heteroatoms. The van der Waals surface area contributed by atoms with Gasteiger partial charge in [0.05, 0.1) is 24.3 Å². The van der Waals surface area contributed by atoms with E-state index in [1.165, 1.54) is 0 Å². The minimum Gasteiger partial charge on any atom is -0.365 e. The second kappa shape index (κ2) is 7.97. The number of hydrogen-bond donors (Lipinski definition) is 1. The zero-order chi connectivity index (χ0) is 21.3. The first-order valence-corrected chi connectivity index (χ1v) is 8.83. The highest BCUT2D eigenvalue weighted by molar-refractivity contribution is 5.33. The second-order valence-electron chi connectivity index (χ2n) is 6.88. The van der Waals surface area contributed by atoms with Crippen LogP contribution in [0.1, 0.15) is 29.2 Å². The summed E-state index contributed by atoms with van der Waals surface area (Å²) in [6, 6.07) is 10.5. The first-order valence-electron chi connectivity index (χ1n) is 8.83. The summed E-state index contributed by atoms with van der Waals surface area (Å²) in [7, 11) is 0. The third kappa shape index (κ3) is 4.91. The summed E-state index contributed by atoms with van der Waals surface area (Å²) < 4.78 is 89.8. The maximum absolute atomic E-state index is 13.0. The molecule has 1 aliphatic rings. The maximum atomic E-state index is 13.0. The summed E-state index contributed by atoms with van der Waals surface area (Å²) in [5.74, 6) is 0. The maximum Gasteiger partial charge on any atom is 0.416 e. The molecule has 1 aliphatic heterocycles. The van der Waals surface area contributed by atoms with Gasteiger partial charge in [0.25, 0.3) is 0 Å². The van der Waals surface area contributed by atoms with Gasteiger partial charge in [0.2, 0.25) is 0 Å². The predicted molar refractivity (Wildman–Crippen MR) is 92.8 cm³/mol. The van der Waals surface area contributed by atoms with Gasteiger partial charge in [-0.2, -0.15) is 26.3 Å². The van der Waals surface area contributed by atoms with Crippen LogP contribution in [-0.2, 0) is 34.0 Å². The van der Waals surface area contributed by atoms with E-state index in [1.807, 2.05) is 18.2 Å². The lowest BCUT2D eigenvalue weighted by Crippen LogP contribution is -2.55. The van der Waals surface area contributed by atoms with Gasteiger partial charge in [0, 0.05) is 6.54 Å². The molecule has 0 aliphatic carbocycles. The van der Waals surface area contributed by atoms with E-state index in [4.69, 9.17) is 9.47 Å². The number of nitrogens with one attached hydrogen (secondary N) is 1. The van der Waals surface area contributed by atoms with Gasteiger partial charge in [-0.15, -0.1) is 0 Å². The molecule has 0 radical (unpaired) electrons. The van der Waals surface area contributed by atoms with Crippen LogP contribution in [0.25, 0.3) is 0 Å². The van der Waals surface area contributed by atoms with E-state index in [2.05, 4.69) is 5.32 Å². The third-order valence-electron chi connectivity index (χ3n) is 4.75. The van der Waals surface area contributed by atoms with Crippen LogP contribution in [0.4, 0.5) is 26.3 Å². The summed E-state index contributed by atoms with van der Waals surface area (Å²) in [6.45, 7) is 2.12. The number of benzene rings is 2. The molecule has 2 atom stereocenters. The van der Waals surface area contributed by atoms with Crippen molar-refractivity contribution in [3.63, 3.8) is 0 Å². The van der Waals surface area contributed by atoms with Crippen LogP contribution in [0.3, 0.4) is 0 Å². The van der Waals surface area contributed by atoms with Crippen LogP contribution < -0.4 is 5.32 Å². The van der Waals surface area contributed by atoms with Crippen molar-refractivity contribution in [2.75, 3.05) is 13.2 Å². The molecule has 1 heterocycles. The Morgan fingerprint density at radius 2 is 1.59 bits per heavy atom. The van der Waals surface area contributed by atoms with Crippen molar-refractivity contribution in [1.29, 1.82) is 0 Å². The molecule has 2 aromatic carbocycles. The van der Waals surface area contributed by atoms with Crippen LogP contribution >= 0.6 is 0 Å². The Morgan fingerprint density at radius 3 is 2.14 bits per heavy atom. The molecule has 158 valence electrons. The van der Waals surface area contributed by atoms with Crippen molar-refractivity contribution in [1.82, 2.24) is 5.32 Å². The van der Waals surface area contributed by atoms with E-state index >= 15 is 0 Å². The summed E-state index contributed by atoms with van der Waals surface area (Å²) in [5, 5.41) is 3.08. The van der Waals surface area contributed by atoms with E-state index < -0.39 is 41.9 Å². The topological polar surface area (TPSA) is 30.5 Å². The predicted octanol–water partition coefficient (Wildman–Crippen LogP) is 5.10. The van der Waals surface area contributed by atoms with Gasteiger partial charge in [-0.25, -0.2) is 0 Å². The normalized spacial score (nSPS) is 23.2. The van der Waals surface area contributed by atoms with Crippen molar-refractivity contribution in [3.05, 3.63) is 70.8 Å². The fraction of sp³-hybridized carbons (Fsp3) is 0.400. The van der Waals surface area contributed by atoms with Gasteiger partial charge in [0.1, 0.15) is 11.8 Å². The summed E-state index contributed by atoms with van der Waals surface area (Å²) in [4.78, 5) is 0. The van der Waals surface area contributed by atoms with Gasteiger partial charge in [-0.3, -0.25) is 5.32 Å². The molecule has 0 saturated carbocycles. The van der Waals surface area contributed by atoms with E-state index in [1.54, 1.807) is 19.1 Å². The zero-order valence-corrected chi connectivity index (χ0v) is 15.4. The Hall–Kier alpha value is -2.10. The van der Waals surface area contributed by atoms with Crippen molar-refractivity contribution >= 4 is 0 Å². The number of morpholine rings is 1. The SMILES string of the molecule is CC1(c2ccccc2)OCCNC1OCc1cc(C(F)(F)F)cc(C(F)(F)F)c1. The monoisotopic (exact) mass is 419 g/mol. The number of halogens is 6. The molecular formula is C20H19F6NO2. The van der Waals surface area contributed by atoms with E-state index in [0.29, 0.717) is 25.3 Å². The highest BCUT2D eigenvalue weighted by Gasteiger charge is 2.41. The van der Waals surface area contributed by atoms with Crippen LogP contribution in [-0.4, -0.2) is 19.4 Å². The molecule has 0 amide bonds. The molecule has 29 heavy (non-hydrogen) atoms. The van der Waals surface area contributed by atoms with E-state index in [-0.39, 0.29) is 11.6 Å². The van der Waals surface area contributed by atoms with Gasteiger partial charge < -0.3 is 9.47 Å².